The Morgan fingerprint density at radius 3 is 2.65 bits per heavy atom. The minimum atomic E-state index is -1.10. The standard InChI is InChI=1S/C11H13ClF2N2O/c1-6(15)2-3-16-11(17)7-4-9(13)10(14)5-8(7)12/h4-6H,2-3,15H2,1H3,(H,16,17). The second kappa shape index (κ2) is 5.93. The molecule has 1 rings (SSSR count). The molecule has 3 N–H and O–H groups in total. The van der Waals surface area contributed by atoms with E-state index in [0.717, 1.165) is 12.1 Å². The maximum atomic E-state index is 12.9. The van der Waals surface area contributed by atoms with Crippen LogP contribution in [-0.2, 0) is 0 Å². The Morgan fingerprint density at radius 1 is 1.47 bits per heavy atom. The third-order valence-electron chi connectivity index (χ3n) is 2.14. The van der Waals surface area contributed by atoms with E-state index < -0.39 is 17.5 Å². The minimum Gasteiger partial charge on any atom is -0.352 e. The Morgan fingerprint density at radius 2 is 2.06 bits per heavy atom. The molecule has 0 saturated carbocycles. The lowest BCUT2D eigenvalue weighted by Crippen LogP contribution is -2.29. The van der Waals surface area contributed by atoms with Crippen LogP contribution in [0.3, 0.4) is 0 Å². The number of halogens is 3. The number of hydrogen-bond acceptors (Lipinski definition) is 2. The van der Waals surface area contributed by atoms with Gasteiger partial charge in [-0.15, -0.1) is 0 Å². The maximum Gasteiger partial charge on any atom is 0.252 e. The quantitative estimate of drug-likeness (QED) is 0.817. The molecule has 0 bridgehead atoms. The zero-order valence-corrected chi connectivity index (χ0v) is 10.0. The van der Waals surface area contributed by atoms with Crippen LogP contribution in [0.2, 0.25) is 5.02 Å². The van der Waals surface area contributed by atoms with E-state index in [9.17, 15) is 13.6 Å². The third-order valence-corrected chi connectivity index (χ3v) is 2.45. The van der Waals surface area contributed by atoms with Gasteiger partial charge in [0.1, 0.15) is 0 Å². The molecule has 1 unspecified atom stereocenters. The molecule has 0 aliphatic heterocycles. The molecule has 0 aliphatic rings. The highest BCUT2D eigenvalue weighted by atomic mass is 35.5. The summed E-state index contributed by atoms with van der Waals surface area (Å²) in [5.74, 6) is -2.73. The molecule has 0 heterocycles. The molecule has 1 aromatic carbocycles. The predicted molar refractivity (Wildman–Crippen MR) is 62.0 cm³/mol. The Labute approximate surface area is 103 Å². The van der Waals surface area contributed by atoms with Crippen molar-refractivity contribution < 1.29 is 13.6 Å². The average molecular weight is 263 g/mol. The van der Waals surface area contributed by atoms with Crippen molar-refractivity contribution in [3.63, 3.8) is 0 Å². The lowest BCUT2D eigenvalue weighted by Gasteiger charge is -2.08. The van der Waals surface area contributed by atoms with Crippen LogP contribution in [0.5, 0.6) is 0 Å². The Balaban J connectivity index is 2.72. The number of nitrogens with two attached hydrogens (primary N) is 1. The largest absolute Gasteiger partial charge is 0.352 e. The molecule has 0 aliphatic carbocycles. The minimum absolute atomic E-state index is 0.0456. The molecule has 0 radical (unpaired) electrons. The normalized spacial score (nSPS) is 12.3. The highest BCUT2D eigenvalue weighted by Gasteiger charge is 2.14. The first-order valence-electron chi connectivity index (χ1n) is 5.10. The van der Waals surface area contributed by atoms with Crippen molar-refractivity contribution >= 4 is 17.5 Å². The van der Waals surface area contributed by atoms with Gasteiger partial charge in [-0.2, -0.15) is 0 Å². The number of amides is 1. The van der Waals surface area contributed by atoms with E-state index in [1.54, 1.807) is 6.92 Å². The summed E-state index contributed by atoms with van der Waals surface area (Å²) in [5.41, 5.74) is 5.42. The molecular formula is C11H13ClF2N2O. The van der Waals surface area contributed by atoms with Crippen molar-refractivity contribution in [2.75, 3.05) is 6.54 Å². The summed E-state index contributed by atoms with van der Waals surface area (Å²) >= 11 is 5.65. The van der Waals surface area contributed by atoms with Crippen LogP contribution in [0.15, 0.2) is 12.1 Å². The molecule has 1 atom stereocenters. The van der Waals surface area contributed by atoms with E-state index >= 15 is 0 Å². The van der Waals surface area contributed by atoms with E-state index in [4.69, 9.17) is 17.3 Å². The van der Waals surface area contributed by atoms with Gasteiger partial charge in [0, 0.05) is 12.6 Å². The Kier molecular flexibility index (Phi) is 4.84. The summed E-state index contributed by atoms with van der Waals surface area (Å²) in [4.78, 5) is 11.6. The first kappa shape index (κ1) is 13.9. The van der Waals surface area contributed by atoms with Crippen LogP contribution in [0.1, 0.15) is 23.7 Å². The number of benzene rings is 1. The van der Waals surface area contributed by atoms with E-state index in [0.29, 0.717) is 13.0 Å². The van der Waals surface area contributed by atoms with Crippen LogP contribution in [0.4, 0.5) is 8.78 Å². The summed E-state index contributed by atoms with van der Waals surface area (Å²) in [6, 6.07) is 1.51. The summed E-state index contributed by atoms with van der Waals surface area (Å²) < 4.78 is 25.7. The second-order valence-electron chi connectivity index (χ2n) is 3.77. The molecule has 1 amide bonds. The van der Waals surface area contributed by atoms with Crippen molar-refractivity contribution in [2.24, 2.45) is 5.73 Å². The predicted octanol–water partition coefficient (Wildman–Crippen LogP) is 2.09. The molecule has 94 valence electrons. The van der Waals surface area contributed by atoms with E-state index in [2.05, 4.69) is 5.32 Å². The summed E-state index contributed by atoms with van der Waals surface area (Å²) in [6.07, 6.45) is 0.590. The van der Waals surface area contributed by atoms with Gasteiger partial charge in [0.25, 0.3) is 5.91 Å². The van der Waals surface area contributed by atoms with Gasteiger partial charge in [-0.05, 0) is 25.5 Å². The van der Waals surface area contributed by atoms with Gasteiger partial charge in [0.15, 0.2) is 11.6 Å². The molecule has 0 spiro atoms. The highest BCUT2D eigenvalue weighted by molar-refractivity contribution is 6.33. The van der Waals surface area contributed by atoms with Crippen LogP contribution in [-0.4, -0.2) is 18.5 Å². The number of rotatable bonds is 4. The summed E-state index contributed by atoms with van der Waals surface area (Å²) in [6.45, 7) is 2.16. The van der Waals surface area contributed by atoms with Crippen molar-refractivity contribution in [3.05, 3.63) is 34.4 Å². The number of hydrogen-bond donors (Lipinski definition) is 2. The molecule has 0 aromatic heterocycles. The van der Waals surface area contributed by atoms with Crippen LogP contribution in [0.25, 0.3) is 0 Å². The van der Waals surface area contributed by atoms with Crippen molar-refractivity contribution in [1.29, 1.82) is 0 Å². The second-order valence-corrected chi connectivity index (χ2v) is 4.18. The van der Waals surface area contributed by atoms with Crippen molar-refractivity contribution in [1.82, 2.24) is 5.32 Å². The fraction of sp³-hybridized carbons (Fsp3) is 0.364. The van der Waals surface area contributed by atoms with E-state index in [1.165, 1.54) is 0 Å². The van der Waals surface area contributed by atoms with Crippen LogP contribution < -0.4 is 11.1 Å². The molecule has 3 nitrogen and oxygen atoms in total. The first-order valence-corrected chi connectivity index (χ1v) is 5.48. The van der Waals surface area contributed by atoms with Crippen LogP contribution >= 0.6 is 11.6 Å². The molecule has 6 heteroatoms. The lowest BCUT2D eigenvalue weighted by molar-refractivity contribution is 0.0952. The van der Waals surface area contributed by atoms with Gasteiger partial charge in [-0.1, -0.05) is 11.6 Å². The van der Waals surface area contributed by atoms with Gasteiger partial charge in [0.05, 0.1) is 10.6 Å². The first-order chi connectivity index (χ1) is 7.91. The average Bonchev–Trinajstić information content (AvgIpc) is 2.22. The number of nitrogens with one attached hydrogen (secondary N) is 1. The molecule has 0 fully saturated rings. The Hall–Kier alpha value is -1.20. The molecular weight excluding hydrogens is 250 g/mol. The third kappa shape index (κ3) is 3.94. The van der Waals surface area contributed by atoms with E-state index in [1.807, 2.05) is 0 Å². The zero-order valence-electron chi connectivity index (χ0n) is 9.27. The maximum absolute atomic E-state index is 12.9. The Bertz CT molecular complexity index is 424. The SMILES string of the molecule is CC(N)CCNC(=O)c1cc(F)c(F)cc1Cl. The smallest absolute Gasteiger partial charge is 0.252 e. The topological polar surface area (TPSA) is 55.1 Å². The van der Waals surface area contributed by atoms with Gasteiger partial charge in [0.2, 0.25) is 0 Å². The van der Waals surface area contributed by atoms with Gasteiger partial charge < -0.3 is 11.1 Å². The fourth-order valence-corrected chi connectivity index (χ4v) is 1.44. The number of carbonyl (C=O) groups excluding carboxylic acids is 1. The monoisotopic (exact) mass is 262 g/mol. The van der Waals surface area contributed by atoms with Crippen LogP contribution in [0, 0.1) is 11.6 Å². The molecule has 0 saturated heterocycles. The van der Waals surface area contributed by atoms with Gasteiger partial charge >= 0.3 is 0 Å². The number of carbonyl (C=O) groups is 1. The summed E-state index contributed by atoms with van der Waals surface area (Å²) in [7, 11) is 0. The molecule has 1 aromatic rings. The highest BCUT2D eigenvalue weighted by Crippen LogP contribution is 2.19. The zero-order chi connectivity index (χ0) is 13.0. The fourth-order valence-electron chi connectivity index (χ4n) is 1.21. The van der Waals surface area contributed by atoms with E-state index in [-0.39, 0.29) is 16.6 Å². The van der Waals surface area contributed by atoms with Crippen molar-refractivity contribution in [3.8, 4) is 0 Å². The van der Waals surface area contributed by atoms with Crippen molar-refractivity contribution in [2.45, 2.75) is 19.4 Å². The molecule has 17 heavy (non-hydrogen) atoms. The lowest BCUT2D eigenvalue weighted by atomic mass is 10.2. The van der Waals surface area contributed by atoms with Gasteiger partial charge in [-0.3, -0.25) is 4.79 Å². The summed E-state index contributed by atoms with van der Waals surface area (Å²) in [5, 5.41) is 2.40. The van der Waals surface area contributed by atoms with Gasteiger partial charge in [-0.25, -0.2) is 8.78 Å².